The molecule has 1 fully saturated rings. The number of carbonyl (C=O) groups is 1. The van der Waals surface area contributed by atoms with E-state index in [9.17, 15) is 18.7 Å². The van der Waals surface area contributed by atoms with E-state index in [1.165, 1.54) is 31.4 Å². The summed E-state index contributed by atoms with van der Waals surface area (Å²) < 4.78 is 32.3. The topological polar surface area (TPSA) is 58.6 Å². The van der Waals surface area contributed by atoms with Gasteiger partial charge in [0.25, 0.3) is 5.91 Å². The molecule has 4 nitrogen and oxygen atoms in total. The Hall–Kier alpha value is -2.34. The summed E-state index contributed by atoms with van der Waals surface area (Å²) in [5, 5.41) is 12.6. The molecule has 0 heterocycles. The van der Waals surface area contributed by atoms with Crippen LogP contribution in [0.4, 0.5) is 8.78 Å². The van der Waals surface area contributed by atoms with Crippen molar-refractivity contribution in [2.45, 2.75) is 24.8 Å². The van der Waals surface area contributed by atoms with Crippen molar-refractivity contribution in [3.8, 4) is 11.5 Å². The molecule has 0 spiro atoms. The molecule has 1 saturated carbocycles. The van der Waals surface area contributed by atoms with Gasteiger partial charge in [-0.2, -0.15) is 0 Å². The Morgan fingerprint density at radius 3 is 2.56 bits per heavy atom. The summed E-state index contributed by atoms with van der Waals surface area (Å²) in [6, 6.07) is 5.99. The normalized spacial score (nSPS) is 15.4. The number of halogens is 3. The SMILES string of the molecule is COc1cc(C(=O)NC2(c3ccc(F)cc3F)CCC2)cc(Cl)c1O. The van der Waals surface area contributed by atoms with E-state index in [1.807, 2.05) is 0 Å². The van der Waals surface area contributed by atoms with Crippen LogP contribution in [0.5, 0.6) is 11.5 Å². The fourth-order valence-corrected chi connectivity index (χ4v) is 3.23. The van der Waals surface area contributed by atoms with Gasteiger partial charge in [0.15, 0.2) is 11.5 Å². The zero-order valence-electron chi connectivity index (χ0n) is 13.4. The van der Waals surface area contributed by atoms with E-state index in [4.69, 9.17) is 16.3 Å². The maximum atomic E-state index is 14.2. The second-order valence-corrected chi connectivity index (χ2v) is 6.43. The van der Waals surface area contributed by atoms with Crippen LogP contribution in [0.15, 0.2) is 30.3 Å². The van der Waals surface area contributed by atoms with E-state index in [-0.39, 0.29) is 27.6 Å². The summed E-state index contributed by atoms with van der Waals surface area (Å²) >= 11 is 5.91. The van der Waals surface area contributed by atoms with Crippen LogP contribution in [0.2, 0.25) is 5.02 Å². The summed E-state index contributed by atoms with van der Waals surface area (Å²) in [6.45, 7) is 0. The lowest BCUT2D eigenvalue weighted by molar-refractivity contribution is 0.0817. The van der Waals surface area contributed by atoms with Crippen molar-refractivity contribution in [3.05, 3.63) is 58.1 Å². The van der Waals surface area contributed by atoms with E-state index in [0.717, 1.165) is 12.5 Å². The number of amides is 1. The molecule has 2 aromatic rings. The van der Waals surface area contributed by atoms with E-state index >= 15 is 0 Å². The highest BCUT2D eigenvalue weighted by Crippen LogP contribution is 2.43. The molecule has 1 amide bonds. The Morgan fingerprint density at radius 1 is 1.28 bits per heavy atom. The largest absolute Gasteiger partial charge is 0.503 e. The first-order chi connectivity index (χ1) is 11.9. The zero-order chi connectivity index (χ0) is 18.2. The van der Waals surface area contributed by atoms with Crippen molar-refractivity contribution in [1.29, 1.82) is 0 Å². The van der Waals surface area contributed by atoms with Gasteiger partial charge < -0.3 is 15.2 Å². The molecular formula is C18H16ClF2NO3. The Balaban J connectivity index is 1.92. The fourth-order valence-electron chi connectivity index (χ4n) is 3.02. The summed E-state index contributed by atoms with van der Waals surface area (Å²) in [5.74, 6) is -2.04. The van der Waals surface area contributed by atoms with Gasteiger partial charge in [-0.15, -0.1) is 0 Å². The standard InChI is InChI=1S/C18H16ClF2NO3/c1-25-15-8-10(7-13(19)16(15)23)17(24)22-18(5-2-6-18)12-4-3-11(20)9-14(12)21/h3-4,7-9,23H,2,5-6H2,1H3,(H,22,24). The number of hydrogen-bond acceptors (Lipinski definition) is 3. The lowest BCUT2D eigenvalue weighted by Gasteiger charge is -2.43. The molecule has 1 aliphatic rings. The smallest absolute Gasteiger partial charge is 0.252 e. The molecule has 0 saturated heterocycles. The number of nitrogens with one attached hydrogen (secondary N) is 1. The highest BCUT2D eigenvalue weighted by Gasteiger charge is 2.42. The number of methoxy groups -OCH3 is 1. The predicted molar refractivity (Wildman–Crippen MR) is 89.0 cm³/mol. The van der Waals surface area contributed by atoms with E-state index in [1.54, 1.807) is 0 Å². The maximum absolute atomic E-state index is 14.2. The van der Waals surface area contributed by atoms with Crippen LogP contribution in [0, 0.1) is 11.6 Å². The Labute approximate surface area is 148 Å². The van der Waals surface area contributed by atoms with E-state index in [0.29, 0.717) is 12.8 Å². The average Bonchev–Trinajstić information content (AvgIpc) is 2.53. The van der Waals surface area contributed by atoms with Gasteiger partial charge in [-0.05, 0) is 37.5 Å². The molecule has 0 unspecified atom stereocenters. The van der Waals surface area contributed by atoms with Gasteiger partial charge in [-0.3, -0.25) is 4.79 Å². The first-order valence-electron chi connectivity index (χ1n) is 7.71. The predicted octanol–water partition coefficient (Wildman–Crippen LogP) is 4.14. The Morgan fingerprint density at radius 2 is 2.00 bits per heavy atom. The third-order valence-corrected chi connectivity index (χ3v) is 4.81. The quantitative estimate of drug-likeness (QED) is 0.853. The third kappa shape index (κ3) is 3.14. The lowest BCUT2D eigenvalue weighted by atomic mass is 9.71. The van der Waals surface area contributed by atoms with Crippen molar-refractivity contribution in [1.82, 2.24) is 5.32 Å². The van der Waals surface area contributed by atoms with Crippen LogP contribution in [0.1, 0.15) is 35.2 Å². The van der Waals surface area contributed by atoms with Crippen molar-refractivity contribution in [2.24, 2.45) is 0 Å². The molecule has 3 rings (SSSR count). The first kappa shape index (κ1) is 17.5. The number of hydrogen-bond donors (Lipinski definition) is 2. The Kier molecular flexibility index (Phi) is 4.56. The average molecular weight is 368 g/mol. The van der Waals surface area contributed by atoms with Crippen molar-refractivity contribution in [3.63, 3.8) is 0 Å². The van der Waals surface area contributed by atoms with Crippen LogP contribution in [-0.2, 0) is 5.54 Å². The fraction of sp³-hybridized carbons (Fsp3) is 0.278. The van der Waals surface area contributed by atoms with Crippen LogP contribution >= 0.6 is 11.6 Å². The van der Waals surface area contributed by atoms with Crippen LogP contribution < -0.4 is 10.1 Å². The second-order valence-electron chi connectivity index (χ2n) is 6.02. The third-order valence-electron chi connectivity index (χ3n) is 4.52. The van der Waals surface area contributed by atoms with Gasteiger partial charge in [-0.25, -0.2) is 8.78 Å². The number of benzene rings is 2. The monoisotopic (exact) mass is 367 g/mol. The summed E-state index contributed by atoms with van der Waals surface area (Å²) in [6.07, 6.45) is 1.91. The number of carbonyl (C=O) groups excluding carboxylic acids is 1. The van der Waals surface area contributed by atoms with Gasteiger partial charge >= 0.3 is 0 Å². The second kappa shape index (κ2) is 6.52. The molecule has 0 bridgehead atoms. The molecule has 0 radical (unpaired) electrons. The van der Waals surface area contributed by atoms with Gasteiger partial charge in [0.05, 0.1) is 17.7 Å². The lowest BCUT2D eigenvalue weighted by Crippen LogP contribution is -2.51. The minimum Gasteiger partial charge on any atom is -0.503 e. The van der Waals surface area contributed by atoms with Crippen molar-refractivity contribution in [2.75, 3.05) is 7.11 Å². The Bertz CT molecular complexity index is 837. The van der Waals surface area contributed by atoms with E-state index < -0.39 is 23.1 Å². The number of phenols is 1. The zero-order valence-corrected chi connectivity index (χ0v) is 14.2. The molecule has 1 aliphatic carbocycles. The maximum Gasteiger partial charge on any atom is 0.252 e. The molecule has 0 aromatic heterocycles. The molecular weight excluding hydrogens is 352 g/mol. The van der Waals surface area contributed by atoms with Crippen LogP contribution in [0.3, 0.4) is 0 Å². The van der Waals surface area contributed by atoms with Gasteiger partial charge in [-0.1, -0.05) is 17.7 Å². The summed E-state index contributed by atoms with van der Waals surface area (Å²) in [5.41, 5.74) is -0.453. The van der Waals surface area contributed by atoms with Crippen LogP contribution in [-0.4, -0.2) is 18.1 Å². The molecule has 0 aliphatic heterocycles. The molecule has 25 heavy (non-hydrogen) atoms. The van der Waals surface area contributed by atoms with Gasteiger partial charge in [0.1, 0.15) is 11.6 Å². The molecule has 2 aromatic carbocycles. The van der Waals surface area contributed by atoms with Gasteiger partial charge in [0, 0.05) is 17.2 Å². The van der Waals surface area contributed by atoms with Crippen molar-refractivity contribution < 1.29 is 23.4 Å². The minimum atomic E-state index is -0.882. The highest BCUT2D eigenvalue weighted by molar-refractivity contribution is 6.32. The first-order valence-corrected chi connectivity index (χ1v) is 8.08. The number of aromatic hydroxyl groups is 1. The highest BCUT2D eigenvalue weighted by atomic mass is 35.5. The summed E-state index contributed by atoms with van der Waals surface area (Å²) in [7, 11) is 1.34. The number of phenolic OH excluding ortho intramolecular Hbond substituents is 1. The molecule has 7 heteroatoms. The molecule has 2 N–H and O–H groups in total. The van der Waals surface area contributed by atoms with Crippen LogP contribution in [0.25, 0.3) is 0 Å². The van der Waals surface area contributed by atoms with Crippen molar-refractivity contribution >= 4 is 17.5 Å². The summed E-state index contributed by atoms with van der Waals surface area (Å²) in [4.78, 5) is 12.6. The van der Waals surface area contributed by atoms with E-state index in [2.05, 4.69) is 5.32 Å². The minimum absolute atomic E-state index is 0.0277. The number of ether oxygens (including phenoxy) is 1. The molecule has 132 valence electrons. The molecule has 0 atom stereocenters. The van der Waals surface area contributed by atoms with Gasteiger partial charge in [0.2, 0.25) is 0 Å². The number of rotatable bonds is 4.